The number of esters is 1. The van der Waals surface area contributed by atoms with Gasteiger partial charge in [0.15, 0.2) is 12.2 Å². The van der Waals surface area contributed by atoms with Crippen LogP contribution >= 0.6 is 0 Å². The first-order chi connectivity index (χ1) is 6.00. The largest absolute Gasteiger partial charge is 0.479 e. The number of hydrogen-bond donors (Lipinski definition) is 3. The number of hydrogen-bond acceptors (Lipinski definition) is 5. The average molecular weight is 190 g/mol. The summed E-state index contributed by atoms with van der Waals surface area (Å²) in [6.07, 6.45) is -2.99. The van der Waals surface area contributed by atoms with Crippen molar-refractivity contribution in [3.8, 4) is 0 Å². The highest BCUT2D eigenvalue weighted by atomic mass is 16.5. The summed E-state index contributed by atoms with van der Waals surface area (Å²) in [7, 11) is 0. The molecule has 0 aromatic carbocycles. The first-order valence-corrected chi connectivity index (χ1v) is 3.37. The predicted octanol–water partition coefficient (Wildman–Crippen LogP) is -1.48. The normalized spacial score (nSPS) is 14.3. The van der Waals surface area contributed by atoms with E-state index in [4.69, 9.17) is 15.3 Å². The Hall–Kier alpha value is -1.40. The van der Waals surface area contributed by atoms with E-state index in [9.17, 15) is 9.59 Å². The van der Waals surface area contributed by atoms with Crippen LogP contribution in [0.3, 0.4) is 0 Å². The Morgan fingerprint density at radius 3 is 2.31 bits per heavy atom. The summed E-state index contributed by atoms with van der Waals surface area (Å²) < 4.78 is 4.29. The second-order valence-corrected chi connectivity index (χ2v) is 2.15. The molecule has 0 rings (SSSR count). The Bertz CT molecular complexity index is 211. The van der Waals surface area contributed by atoms with Crippen LogP contribution in [0.2, 0.25) is 0 Å². The summed E-state index contributed by atoms with van der Waals surface area (Å²) in [5.41, 5.74) is 0. The van der Waals surface area contributed by atoms with Crippen molar-refractivity contribution in [3.05, 3.63) is 12.7 Å². The van der Waals surface area contributed by atoms with Gasteiger partial charge in [-0.1, -0.05) is 12.7 Å². The quantitative estimate of drug-likeness (QED) is 0.361. The summed E-state index contributed by atoms with van der Waals surface area (Å²) in [5.74, 6) is -2.89. The predicted molar refractivity (Wildman–Crippen MR) is 40.8 cm³/mol. The third-order valence-corrected chi connectivity index (χ3v) is 1.14. The molecule has 0 saturated heterocycles. The fraction of sp³-hybridized carbons (Fsp3) is 0.429. The maximum absolute atomic E-state index is 10.7. The number of carbonyl (C=O) groups excluding carboxylic acids is 1. The fourth-order valence-corrected chi connectivity index (χ4v) is 0.490. The molecule has 6 nitrogen and oxygen atoms in total. The summed E-state index contributed by atoms with van der Waals surface area (Å²) in [5, 5.41) is 25.7. The van der Waals surface area contributed by atoms with Crippen LogP contribution in [0.5, 0.6) is 0 Å². The van der Waals surface area contributed by atoms with Crippen LogP contribution in [-0.4, -0.2) is 46.1 Å². The number of rotatable bonds is 5. The van der Waals surface area contributed by atoms with E-state index in [0.29, 0.717) is 0 Å². The second-order valence-electron chi connectivity index (χ2n) is 2.15. The first kappa shape index (κ1) is 11.6. The second kappa shape index (κ2) is 5.28. The lowest BCUT2D eigenvalue weighted by molar-refractivity contribution is -0.168. The van der Waals surface area contributed by atoms with Gasteiger partial charge in [-0.2, -0.15) is 0 Å². The van der Waals surface area contributed by atoms with Crippen molar-refractivity contribution in [2.45, 2.75) is 12.2 Å². The molecule has 0 saturated carbocycles. The first-order valence-electron chi connectivity index (χ1n) is 3.37. The number of ether oxygens (including phenoxy) is 1. The van der Waals surface area contributed by atoms with Crippen LogP contribution in [0.15, 0.2) is 12.7 Å². The fourth-order valence-electron chi connectivity index (χ4n) is 0.490. The molecule has 74 valence electrons. The van der Waals surface area contributed by atoms with Gasteiger partial charge in [0.25, 0.3) is 0 Å². The van der Waals surface area contributed by atoms with Gasteiger partial charge in [0.2, 0.25) is 0 Å². The van der Waals surface area contributed by atoms with Crippen LogP contribution in [0.4, 0.5) is 0 Å². The number of carboxylic acids is 1. The van der Waals surface area contributed by atoms with Crippen molar-refractivity contribution in [1.29, 1.82) is 0 Å². The molecule has 0 spiro atoms. The molecule has 3 N–H and O–H groups in total. The van der Waals surface area contributed by atoms with E-state index in [1.165, 1.54) is 6.08 Å². The van der Waals surface area contributed by atoms with Crippen LogP contribution < -0.4 is 0 Å². The minimum atomic E-state index is -2.17. The maximum Gasteiger partial charge on any atom is 0.338 e. The average Bonchev–Trinajstić information content (AvgIpc) is 2.11. The molecule has 2 unspecified atom stereocenters. The number of carboxylic acid groups (broad SMARTS) is 1. The lowest BCUT2D eigenvalue weighted by atomic mass is 10.2. The zero-order valence-electron chi connectivity index (χ0n) is 6.71. The minimum absolute atomic E-state index is 0.151. The Morgan fingerprint density at radius 2 is 1.92 bits per heavy atom. The molecule has 0 amide bonds. The Labute approximate surface area is 74.1 Å². The van der Waals surface area contributed by atoms with E-state index in [1.54, 1.807) is 0 Å². The molecule has 0 heterocycles. The van der Waals surface area contributed by atoms with Crippen molar-refractivity contribution in [2.24, 2.45) is 0 Å². The molecular formula is C7H10O6. The van der Waals surface area contributed by atoms with Crippen LogP contribution in [-0.2, 0) is 14.3 Å². The molecule has 0 radical (unpaired) electrons. The molecule has 13 heavy (non-hydrogen) atoms. The van der Waals surface area contributed by atoms with E-state index in [0.717, 1.165) is 0 Å². The molecule has 6 heteroatoms. The van der Waals surface area contributed by atoms with Gasteiger partial charge in [0.1, 0.15) is 6.61 Å². The number of aliphatic hydroxyl groups excluding tert-OH is 2. The molecule has 0 aliphatic heterocycles. The number of carbonyl (C=O) groups is 2. The molecule has 0 aromatic heterocycles. The van der Waals surface area contributed by atoms with E-state index in [1.807, 2.05) is 0 Å². The SMILES string of the molecule is C=CCOC(=O)C(O)C(O)C(=O)O. The molecule has 2 atom stereocenters. The van der Waals surface area contributed by atoms with Gasteiger partial charge in [-0.25, -0.2) is 9.59 Å². The standard InChI is InChI=1S/C7H10O6/c1-2-3-13-7(12)5(9)4(8)6(10)11/h2,4-5,8-9H,1,3H2,(H,10,11). The molecule has 0 fully saturated rings. The van der Waals surface area contributed by atoms with Crippen molar-refractivity contribution >= 4 is 11.9 Å². The van der Waals surface area contributed by atoms with Gasteiger partial charge in [-0.3, -0.25) is 0 Å². The van der Waals surface area contributed by atoms with E-state index >= 15 is 0 Å². The maximum atomic E-state index is 10.7. The Morgan fingerprint density at radius 1 is 1.38 bits per heavy atom. The zero-order chi connectivity index (χ0) is 10.4. The van der Waals surface area contributed by atoms with Gasteiger partial charge in [-0.05, 0) is 0 Å². The topological polar surface area (TPSA) is 104 Å². The minimum Gasteiger partial charge on any atom is -0.479 e. The zero-order valence-corrected chi connectivity index (χ0v) is 6.71. The van der Waals surface area contributed by atoms with Gasteiger partial charge < -0.3 is 20.1 Å². The lowest BCUT2D eigenvalue weighted by Crippen LogP contribution is -2.40. The Kier molecular flexibility index (Phi) is 4.71. The van der Waals surface area contributed by atoms with E-state index in [-0.39, 0.29) is 6.61 Å². The highest BCUT2D eigenvalue weighted by Gasteiger charge is 2.30. The molecule has 0 aromatic rings. The van der Waals surface area contributed by atoms with E-state index < -0.39 is 24.1 Å². The Balaban J connectivity index is 4.08. The lowest BCUT2D eigenvalue weighted by Gasteiger charge is -2.11. The van der Waals surface area contributed by atoms with Crippen LogP contribution in [0.25, 0.3) is 0 Å². The molecule has 0 aliphatic carbocycles. The summed E-state index contributed by atoms with van der Waals surface area (Å²) in [6.45, 7) is 3.08. The van der Waals surface area contributed by atoms with Gasteiger partial charge in [0.05, 0.1) is 0 Å². The molecule has 0 aliphatic rings. The molecule has 0 bridgehead atoms. The van der Waals surface area contributed by atoms with Crippen molar-refractivity contribution in [1.82, 2.24) is 0 Å². The summed E-state index contributed by atoms with van der Waals surface area (Å²) in [4.78, 5) is 20.8. The van der Waals surface area contributed by atoms with Crippen LogP contribution in [0, 0.1) is 0 Å². The summed E-state index contributed by atoms with van der Waals surface area (Å²) >= 11 is 0. The monoisotopic (exact) mass is 190 g/mol. The smallest absolute Gasteiger partial charge is 0.338 e. The van der Waals surface area contributed by atoms with Gasteiger partial charge in [-0.15, -0.1) is 0 Å². The van der Waals surface area contributed by atoms with Crippen molar-refractivity contribution in [3.63, 3.8) is 0 Å². The third-order valence-electron chi connectivity index (χ3n) is 1.14. The van der Waals surface area contributed by atoms with Crippen LogP contribution in [0.1, 0.15) is 0 Å². The van der Waals surface area contributed by atoms with E-state index in [2.05, 4.69) is 11.3 Å². The summed E-state index contributed by atoms with van der Waals surface area (Å²) in [6, 6.07) is 0. The highest BCUT2D eigenvalue weighted by molar-refractivity contribution is 5.84. The van der Waals surface area contributed by atoms with Gasteiger partial charge in [0, 0.05) is 0 Å². The van der Waals surface area contributed by atoms with Crippen molar-refractivity contribution < 1.29 is 29.6 Å². The van der Waals surface area contributed by atoms with Crippen molar-refractivity contribution in [2.75, 3.05) is 6.61 Å². The number of aliphatic hydroxyl groups is 2. The highest BCUT2D eigenvalue weighted by Crippen LogP contribution is 1.97. The third kappa shape index (κ3) is 3.68. The van der Waals surface area contributed by atoms with Gasteiger partial charge >= 0.3 is 11.9 Å². The number of aliphatic carboxylic acids is 1. The molecular weight excluding hydrogens is 180 g/mol.